The standard InChI is InChI=1S/C27H26N2O3S/c1-17-13-20(9-10-21(17)15-29-26(31)32-27(2,3)4)22-11-12-28-25-23(22)14-24(33-25)19-7-5-18(16-30)6-8-19/h5-14,16H,15H2,1-4H3,(H,29,31). The molecule has 0 spiro atoms. The number of ether oxygens (including phenoxy) is 1. The van der Waals surface area contributed by atoms with E-state index in [9.17, 15) is 9.59 Å². The van der Waals surface area contributed by atoms with Gasteiger partial charge in [-0.2, -0.15) is 0 Å². The Morgan fingerprint density at radius 3 is 2.45 bits per heavy atom. The number of hydrogen-bond donors (Lipinski definition) is 1. The summed E-state index contributed by atoms with van der Waals surface area (Å²) in [5.41, 5.74) is 5.55. The number of aromatic nitrogens is 1. The number of thiophene rings is 1. The first-order chi connectivity index (χ1) is 15.7. The zero-order valence-corrected chi connectivity index (χ0v) is 20.0. The molecule has 0 bridgehead atoms. The molecule has 2 heterocycles. The number of carbonyl (C=O) groups excluding carboxylic acids is 2. The summed E-state index contributed by atoms with van der Waals surface area (Å²) in [5.74, 6) is 0. The highest BCUT2D eigenvalue weighted by atomic mass is 32.1. The molecule has 5 nitrogen and oxygen atoms in total. The number of nitrogens with zero attached hydrogens (tertiary/aromatic N) is 1. The van der Waals surface area contributed by atoms with Crippen LogP contribution >= 0.6 is 11.3 Å². The van der Waals surface area contributed by atoms with E-state index in [1.165, 1.54) is 0 Å². The second kappa shape index (κ2) is 9.16. The number of aryl methyl sites for hydroxylation is 1. The first-order valence-electron chi connectivity index (χ1n) is 10.7. The van der Waals surface area contributed by atoms with Crippen LogP contribution in [0.5, 0.6) is 0 Å². The van der Waals surface area contributed by atoms with Gasteiger partial charge in [0.15, 0.2) is 0 Å². The summed E-state index contributed by atoms with van der Waals surface area (Å²) in [4.78, 5) is 29.6. The fourth-order valence-corrected chi connectivity index (χ4v) is 4.63. The second-order valence-corrected chi connectivity index (χ2v) is 9.96. The van der Waals surface area contributed by atoms with Gasteiger partial charge in [0, 0.05) is 28.6 Å². The zero-order chi connectivity index (χ0) is 23.6. The topological polar surface area (TPSA) is 68.3 Å². The van der Waals surface area contributed by atoms with Crippen molar-refractivity contribution in [3.8, 4) is 21.6 Å². The molecule has 2 aromatic carbocycles. The Balaban J connectivity index is 1.59. The van der Waals surface area contributed by atoms with Gasteiger partial charge in [-0.1, -0.05) is 42.5 Å². The highest BCUT2D eigenvalue weighted by molar-refractivity contribution is 7.21. The molecule has 0 radical (unpaired) electrons. The van der Waals surface area contributed by atoms with E-state index in [4.69, 9.17) is 4.74 Å². The largest absolute Gasteiger partial charge is 0.444 e. The Hall–Kier alpha value is -3.51. The summed E-state index contributed by atoms with van der Waals surface area (Å²) < 4.78 is 5.32. The minimum atomic E-state index is -0.522. The average Bonchev–Trinajstić information content (AvgIpc) is 3.21. The second-order valence-electron chi connectivity index (χ2n) is 8.92. The van der Waals surface area contributed by atoms with Crippen molar-refractivity contribution in [1.82, 2.24) is 10.3 Å². The number of alkyl carbamates (subject to hydrolysis) is 1. The third-order valence-corrected chi connectivity index (χ3v) is 6.33. The molecule has 4 rings (SSSR count). The van der Waals surface area contributed by atoms with E-state index < -0.39 is 11.7 Å². The number of carbonyl (C=O) groups is 2. The van der Waals surface area contributed by atoms with Gasteiger partial charge in [0.25, 0.3) is 0 Å². The van der Waals surface area contributed by atoms with Crippen LogP contribution in [0.15, 0.2) is 60.8 Å². The number of rotatable bonds is 5. The Kier molecular flexibility index (Phi) is 6.29. The molecular weight excluding hydrogens is 432 g/mol. The van der Waals surface area contributed by atoms with Gasteiger partial charge in [0.05, 0.1) is 0 Å². The predicted octanol–water partition coefficient (Wildman–Crippen LogP) is 6.78. The molecule has 1 amide bonds. The van der Waals surface area contributed by atoms with Crippen LogP contribution in [-0.4, -0.2) is 23.0 Å². The van der Waals surface area contributed by atoms with Gasteiger partial charge in [-0.3, -0.25) is 4.79 Å². The van der Waals surface area contributed by atoms with Crippen molar-refractivity contribution in [2.45, 2.75) is 39.8 Å². The van der Waals surface area contributed by atoms with Crippen molar-refractivity contribution in [1.29, 1.82) is 0 Å². The van der Waals surface area contributed by atoms with E-state index in [2.05, 4.69) is 28.5 Å². The zero-order valence-electron chi connectivity index (χ0n) is 19.1. The molecule has 4 aromatic rings. The van der Waals surface area contributed by atoms with Gasteiger partial charge < -0.3 is 10.1 Å². The monoisotopic (exact) mass is 458 g/mol. The van der Waals surface area contributed by atoms with E-state index in [1.54, 1.807) is 11.3 Å². The molecule has 0 saturated carbocycles. The van der Waals surface area contributed by atoms with Crippen LogP contribution in [0, 0.1) is 6.92 Å². The lowest BCUT2D eigenvalue weighted by molar-refractivity contribution is 0.0523. The molecule has 2 aromatic heterocycles. The van der Waals surface area contributed by atoms with Crippen LogP contribution in [0.25, 0.3) is 31.8 Å². The van der Waals surface area contributed by atoms with Crippen molar-refractivity contribution in [2.24, 2.45) is 0 Å². The molecule has 0 aliphatic carbocycles. The van der Waals surface area contributed by atoms with Gasteiger partial charge in [-0.15, -0.1) is 11.3 Å². The summed E-state index contributed by atoms with van der Waals surface area (Å²) in [6, 6.07) is 18.0. The third kappa shape index (κ3) is 5.29. The number of pyridine rings is 1. The Labute approximate surface area is 197 Å². The maximum absolute atomic E-state index is 12.0. The molecule has 0 unspecified atom stereocenters. The molecule has 6 heteroatoms. The quantitative estimate of drug-likeness (QED) is 0.335. The first-order valence-corrected chi connectivity index (χ1v) is 11.6. The highest BCUT2D eigenvalue weighted by Crippen LogP contribution is 2.37. The summed E-state index contributed by atoms with van der Waals surface area (Å²) in [7, 11) is 0. The predicted molar refractivity (Wildman–Crippen MR) is 134 cm³/mol. The van der Waals surface area contributed by atoms with Crippen molar-refractivity contribution < 1.29 is 14.3 Å². The lowest BCUT2D eigenvalue weighted by atomic mass is 9.98. The van der Waals surface area contributed by atoms with Crippen LogP contribution < -0.4 is 5.32 Å². The fourth-order valence-electron chi connectivity index (χ4n) is 3.60. The molecule has 0 atom stereocenters. The summed E-state index contributed by atoms with van der Waals surface area (Å²) >= 11 is 1.63. The third-order valence-electron chi connectivity index (χ3n) is 5.24. The summed E-state index contributed by atoms with van der Waals surface area (Å²) in [6.07, 6.45) is 2.26. The van der Waals surface area contributed by atoms with E-state index in [0.29, 0.717) is 12.1 Å². The molecule has 168 valence electrons. The molecule has 0 fully saturated rings. The van der Waals surface area contributed by atoms with Crippen LogP contribution in [0.1, 0.15) is 42.3 Å². The van der Waals surface area contributed by atoms with E-state index in [1.807, 2.05) is 70.3 Å². The summed E-state index contributed by atoms with van der Waals surface area (Å²) in [5, 5.41) is 3.92. The van der Waals surface area contributed by atoms with Gasteiger partial charge in [0.2, 0.25) is 0 Å². The maximum atomic E-state index is 12.0. The maximum Gasteiger partial charge on any atom is 0.407 e. The van der Waals surface area contributed by atoms with Gasteiger partial charge in [-0.05, 0) is 67.6 Å². The molecule has 1 N–H and O–H groups in total. The van der Waals surface area contributed by atoms with Crippen LogP contribution in [0.3, 0.4) is 0 Å². The molecule has 33 heavy (non-hydrogen) atoms. The van der Waals surface area contributed by atoms with Crippen molar-refractivity contribution in [2.75, 3.05) is 0 Å². The molecule has 0 saturated heterocycles. The minimum Gasteiger partial charge on any atom is -0.444 e. The molecule has 0 aliphatic rings. The van der Waals surface area contributed by atoms with Gasteiger partial charge in [-0.25, -0.2) is 9.78 Å². The number of amides is 1. The van der Waals surface area contributed by atoms with E-state index in [0.717, 1.165) is 49.2 Å². The van der Waals surface area contributed by atoms with Crippen molar-refractivity contribution >= 4 is 33.9 Å². The van der Waals surface area contributed by atoms with E-state index >= 15 is 0 Å². The number of benzene rings is 2. The van der Waals surface area contributed by atoms with Crippen LogP contribution in [-0.2, 0) is 11.3 Å². The first kappa shape index (κ1) is 22.7. The van der Waals surface area contributed by atoms with Gasteiger partial charge >= 0.3 is 6.09 Å². The van der Waals surface area contributed by atoms with Crippen molar-refractivity contribution in [3.63, 3.8) is 0 Å². The summed E-state index contributed by atoms with van der Waals surface area (Å²) in [6.45, 7) is 7.99. The molecule has 0 aliphatic heterocycles. The number of hydrogen-bond acceptors (Lipinski definition) is 5. The average molecular weight is 459 g/mol. The lowest BCUT2D eigenvalue weighted by Crippen LogP contribution is -2.32. The Bertz CT molecular complexity index is 1320. The van der Waals surface area contributed by atoms with Gasteiger partial charge in [0.1, 0.15) is 16.7 Å². The number of nitrogens with one attached hydrogen (secondary N) is 1. The Morgan fingerprint density at radius 1 is 1.06 bits per heavy atom. The minimum absolute atomic E-state index is 0.409. The SMILES string of the molecule is Cc1cc(-c2ccnc3sc(-c4ccc(C=O)cc4)cc23)ccc1CNC(=O)OC(C)(C)C. The number of aldehydes is 1. The fraction of sp³-hybridized carbons (Fsp3) is 0.222. The number of fused-ring (bicyclic) bond motifs is 1. The van der Waals surface area contributed by atoms with Crippen LogP contribution in [0.2, 0.25) is 0 Å². The normalized spacial score (nSPS) is 11.4. The highest BCUT2D eigenvalue weighted by Gasteiger charge is 2.16. The van der Waals surface area contributed by atoms with E-state index in [-0.39, 0.29) is 0 Å². The molecular formula is C27H26N2O3S. The van der Waals surface area contributed by atoms with Crippen LogP contribution in [0.4, 0.5) is 4.79 Å². The lowest BCUT2D eigenvalue weighted by Gasteiger charge is -2.20. The Morgan fingerprint density at radius 2 is 1.79 bits per heavy atom. The van der Waals surface area contributed by atoms with Crippen molar-refractivity contribution in [3.05, 3.63) is 77.5 Å². The smallest absolute Gasteiger partial charge is 0.407 e.